The average molecular weight is 337 g/mol. The first kappa shape index (κ1) is 16.7. The lowest BCUT2D eigenvalue weighted by atomic mass is 10.0. The largest absolute Gasteiger partial charge is 0.500 e. The fourth-order valence-corrected chi connectivity index (χ4v) is 2.51. The number of hydrogen-bond acceptors (Lipinski definition) is 6. The van der Waals surface area contributed by atoms with Crippen LogP contribution in [-0.2, 0) is 12.8 Å². The van der Waals surface area contributed by atoms with Crippen LogP contribution in [0.2, 0.25) is 0 Å². The Balaban J connectivity index is 2.57. The third-order valence-electron chi connectivity index (χ3n) is 3.40. The van der Waals surface area contributed by atoms with Gasteiger partial charge in [0.05, 0.1) is 12.0 Å². The summed E-state index contributed by atoms with van der Waals surface area (Å²) in [4.78, 5) is 27.8. The Labute approximate surface area is 135 Å². The summed E-state index contributed by atoms with van der Waals surface area (Å²) in [6, 6.07) is 2.68. The van der Waals surface area contributed by atoms with E-state index in [2.05, 4.69) is 9.97 Å². The smallest absolute Gasteiger partial charge is 0.314 e. The molecule has 0 amide bonds. The number of ether oxygens (including phenoxy) is 1. The van der Waals surface area contributed by atoms with Crippen molar-refractivity contribution in [1.29, 1.82) is 0 Å². The lowest BCUT2D eigenvalue weighted by Gasteiger charge is -2.10. The molecular weight excluding hydrogens is 322 g/mol. The first-order chi connectivity index (χ1) is 10.9. The molecule has 2 aromatic rings. The molecule has 0 saturated carbocycles. The van der Waals surface area contributed by atoms with Crippen LogP contribution in [0.1, 0.15) is 23.7 Å². The quantitative estimate of drug-likeness (QED) is 0.437. The number of aromatic nitrogens is 2. The number of methoxy groups -OCH3 is 1. The van der Waals surface area contributed by atoms with E-state index in [0.717, 1.165) is 0 Å². The Hall–Kier alpha value is -2.68. The fraction of sp³-hybridized carbons (Fsp3) is 0.286. The number of nitrogens with zero attached hydrogens (tertiary/aromatic N) is 1. The Morgan fingerprint density at radius 1 is 1.39 bits per heavy atom. The highest BCUT2D eigenvalue weighted by atomic mass is 32.1. The zero-order chi connectivity index (χ0) is 17.1. The molecule has 0 spiro atoms. The molecule has 0 saturated heterocycles. The molecule has 1 aromatic carbocycles. The Morgan fingerprint density at radius 2 is 2.09 bits per heavy atom. The molecule has 122 valence electrons. The van der Waals surface area contributed by atoms with Crippen molar-refractivity contribution in [2.24, 2.45) is 0 Å². The summed E-state index contributed by atoms with van der Waals surface area (Å²) in [6.07, 6.45) is 0.697. The van der Waals surface area contributed by atoms with Gasteiger partial charge in [-0.25, -0.2) is 0 Å². The van der Waals surface area contributed by atoms with Crippen molar-refractivity contribution in [1.82, 2.24) is 9.97 Å². The van der Waals surface area contributed by atoms with Gasteiger partial charge < -0.3 is 14.8 Å². The number of nitro groups is 1. The van der Waals surface area contributed by atoms with Gasteiger partial charge in [-0.15, -0.1) is 0 Å². The monoisotopic (exact) mass is 337 g/mol. The number of H-pyrrole nitrogens is 2. The van der Waals surface area contributed by atoms with E-state index in [9.17, 15) is 20.0 Å². The fourth-order valence-electron chi connectivity index (χ4n) is 2.30. The van der Waals surface area contributed by atoms with Crippen molar-refractivity contribution in [3.63, 3.8) is 0 Å². The average Bonchev–Trinajstić information content (AvgIpc) is 2.50. The molecule has 0 bridgehead atoms. The van der Waals surface area contributed by atoms with Crippen LogP contribution in [0.15, 0.2) is 16.9 Å². The van der Waals surface area contributed by atoms with Gasteiger partial charge in [0.2, 0.25) is 5.75 Å². The van der Waals surface area contributed by atoms with E-state index in [4.69, 9.17) is 17.0 Å². The van der Waals surface area contributed by atoms with Gasteiger partial charge in [-0.1, -0.05) is 6.92 Å². The third kappa shape index (κ3) is 3.39. The minimum Gasteiger partial charge on any atom is -0.500 e. The third-order valence-corrected chi connectivity index (χ3v) is 3.60. The zero-order valence-corrected chi connectivity index (χ0v) is 13.3. The highest BCUT2D eigenvalue weighted by molar-refractivity contribution is 7.71. The summed E-state index contributed by atoms with van der Waals surface area (Å²) in [6.45, 7) is 1.86. The van der Waals surface area contributed by atoms with Crippen LogP contribution >= 0.6 is 12.2 Å². The summed E-state index contributed by atoms with van der Waals surface area (Å²) in [5.41, 5.74) is 0.742. The number of nitro benzene ring substituents is 1. The number of aryl methyl sites for hydroxylation is 1. The zero-order valence-electron chi connectivity index (χ0n) is 12.5. The minimum atomic E-state index is -0.704. The summed E-state index contributed by atoms with van der Waals surface area (Å²) in [5.74, 6) is -0.564. The van der Waals surface area contributed by atoms with Crippen molar-refractivity contribution >= 4 is 17.9 Å². The number of phenolic OH excluding ortho intramolecular Hbond substituents is 1. The summed E-state index contributed by atoms with van der Waals surface area (Å²) in [5, 5.41) is 20.8. The molecule has 0 aliphatic heterocycles. The molecule has 8 nitrogen and oxygen atoms in total. The van der Waals surface area contributed by atoms with Gasteiger partial charge in [0.25, 0.3) is 5.56 Å². The van der Waals surface area contributed by atoms with Crippen molar-refractivity contribution in [3.05, 3.63) is 54.2 Å². The van der Waals surface area contributed by atoms with Crippen LogP contribution in [0, 0.1) is 14.9 Å². The molecule has 1 heterocycles. The molecule has 23 heavy (non-hydrogen) atoms. The number of hydrogen-bond donors (Lipinski definition) is 3. The predicted molar refractivity (Wildman–Crippen MR) is 85.7 cm³/mol. The van der Waals surface area contributed by atoms with Gasteiger partial charge in [-0.3, -0.25) is 19.9 Å². The van der Waals surface area contributed by atoms with E-state index < -0.39 is 16.4 Å². The van der Waals surface area contributed by atoms with E-state index in [1.165, 1.54) is 19.2 Å². The number of nitrogens with one attached hydrogen (secondary N) is 2. The molecule has 0 aliphatic carbocycles. The van der Waals surface area contributed by atoms with Crippen LogP contribution in [0.3, 0.4) is 0 Å². The molecule has 0 radical (unpaired) electrons. The van der Waals surface area contributed by atoms with E-state index >= 15 is 0 Å². The first-order valence-electron chi connectivity index (χ1n) is 6.76. The second-order valence-electron chi connectivity index (χ2n) is 4.82. The van der Waals surface area contributed by atoms with E-state index in [1.54, 1.807) is 0 Å². The van der Waals surface area contributed by atoms with E-state index in [1.807, 2.05) is 6.92 Å². The number of aromatic hydroxyl groups is 1. The van der Waals surface area contributed by atoms with Gasteiger partial charge in [0.1, 0.15) is 0 Å². The second kappa shape index (κ2) is 6.61. The molecule has 0 atom stereocenters. The maximum atomic E-state index is 12.1. The lowest BCUT2D eigenvalue weighted by molar-refractivity contribution is -0.386. The number of aromatic amines is 2. The molecule has 0 unspecified atom stereocenters. The summed E-state index contributed by atoms with van der Waals surface area (Å²) < 4.78 is 5.18. The predicted octanol–water partition coefficient (Wildman–Crippen LogP) is 2.21. The molecule has 3 N–H and O–H groups in total. The van der Waals surface area contributed by atoms with Crippen molar-refractivity contribution in [3.8, 4) is 11.5 Å². The number of benzene rings is 1. The normalized spacial score (nSPS) is 10.5. The van der Waals surface area contributed by atoms with Gasteiger partial charge in [-0.05, 0) is 30.3 Å². The topological polar surface area (TPSA) is 121 Å². The first-order valence-corrected chi connectivity index (χ1v) is 7.16. The van der Waals surface area contributed by atoms with Gasteiger partial charge in [0, 0.05) is 23.7 Å². The van der Waals surface area contributed by atoms with Crippen LogP contribution in [0.5, 0.6) is 11.5 Å². The maximum absolute atomic E-state index is 12.1. The molecular formula is C14H15N3O5S. The molecule has 0 aliphatic rings. The van der Waals surface area contributed by atoms with E-state index in [0.29, 0.717) is 23.2 Å². The molecule has 2 rings (SSSR count). The van der Waals surface area contributed by atoms with Crippen molar-refractivity contribution in [2.45, 2.75) is 19.8 Å². The van der Waals surface area contributed by atoms with Gasteiger partial charge >= 0.3 is 5.69 Å². The second-order valence-corrected chi connectivity index (χ2v) is 5.23. The van der Waals surface area contributed by atoms with Gasteiger partial charge in [0.15, 0.2) is 10.5 Å². The Kier molecular flexibility index (Phi) is 4.80. The van der Waals surface area contributed by atoms with Crippen LogP contribution < -0.4 is 10.3 Å². The van der Waals surface area contributed by atoms with Crippen LogP contribution in [-0.4, -0.2) is 27.1 Å². The number of phenols is 1. The van der Waals surface area contributed by atoms with Crippen LogP contribution in [0.4, 0.5) is 5.69 Å². The minimum absolute atomic E-state index is 0.0208. The summed E-state index contributed by atoms with van der Waals surface area (Å²) >= 11 is 4.94. The highest BCUT2D eigenvalue weighted by Crippen LogP contribution is 2.37. The highest BCUT2D eigenvalue weighted by Gasteiger charge is 2.21. The summed E-state index contributed by atoms with van der Waals surface area (Å²) in [7, 11) is 1.30. The van der Waals surface area contributed by atoms with E-state index in [-0.39, 0.29) is 22.5 Å². The lowest BCUT2D eigenvalue weighted by Crippen LogP contribution is -2.18. The van der Waals surface area contributed by atoms with Gasteiger partial charge in [-0.2, -0.15) is 0 Å². The Bertz CT molecular complexity index is 872. The number of rotatable bonds is 5. The standard InChI is InChI=1S/C14H15N3O5S/c1-3-9-8(13(19)16-14(23)15-9)4-7-5-10(17(20)21)12(18)11(6-7)22-2/h5-6,18H,3-4H2,1-2H3,(H2,15,16,19,23). The van der Waals surface area contributed by atoms with Crippen LogP contribution in [0.25, 0.3) is 0 Å². The Morgan fingerprint density at radius 3 is 2.65 bits per heavy atom. The molecule has 9 heteroatoms. The maximum Gasteiger partial charge on any atom is 0.314 e. The van der Waals surface area contributed by atoms with Crippen molar-refractivity contribution in [2.75, 3.05) is 7.11 Å². The van der Waals surface area contributed by atoms with Crippen molar-refractivity contribution < 1.29 is 14.8 Å². The SMILES string of the molecule is CCc1[nH]c(=S)[nH]c(=O)c1Cc1cc(OC)c(O)c([N+](=O)[O-])c1. The molecule has 1 aromatic heterocycles. The molecule has 0 fully saturated rings.